The van der Waals surface area contributed by atoms with Gasteiger partial charge in [-0.25, -0.2) is 0 Å². The number of hydrogen-bond donors (Lipinski definition) is 3. The molecule has 1 saturated heterocycles. The van der Waals surface area contributed by atoms with Gasteiger partial charge < -0.3 is 20.6 Å². The molecular formula is C33H40ClN3O3. The highest BCUT2D eigenvalue weighted by molar-refractivity contribution is 6.30. The Morgan fingerprint density at radius 1 is 0.900 bits per heavy atom. The van der Waals surface area contributed by atoms with E-state index in [0.717, 1.165) is 38.0 Å². The van der Waals surface area contributed by atoms with Gasteiger partial charge >= 0.3 is 0 Å². The normalized spacial score (nSPS) is 15.4. The summed E-state index contributed by atoms with van der Waals surface area (Å²) < 4.78 is 0. The lowest BCUT2D eigenvalue weighted by molar-refractivity contribution is -0.121. The van der Waals surface area contributed by atoms with Gasteiger partial charge in [0.2, 0.25) is 11.8 Å². The highest BCUT2D eigenvalue weighted by Gasteiger charge is 2.36. The number of aliphatic hydroxyl groups is 1. The van der Waals surface area contributed by atoms with E-state index >= 15 is 0 Å². The molecule has 0 aliphatic carbocycles. The minimum Gasteiger partial charge on any atom is -0.385 e. The fraction of sp³-hybridized carbons (Fsp3) is 0.394. The third-order valence-electron chi connectivity index (χ3n) is 8.11. The summed E-state index contributed by atoms with van der Waals surface area (Å²) in [4.78, 5) is 26.4. The summed E-state index contributed by atoms with van der Waals surface area (Å²) in [6.07, 6.45) is 3.39. The molecule has 2 amide bonds. The number of piperidine rings is 1. The van der Waals surface area contributed by atoms with E-state index in [-0.39, 0.29) is 18.2 Å². The molecule has 0 bridgehead atoms. The van der Waals surface area contributed by atoms with Crippen molar-refractivity contribution in [3.8, 4) is 0 Å². The minimum absolute atomic E-state index is 0.0810. The lowest BCUT2D eigenvalue weighted by atomic mass is 9.71. The zero-order valence-electron chi connectivity index (χ0n) is 23.2. The van der Waals surface area contributed by atoms with Gasteiger partial charge in [0.25, 0.3) is 0 Å². The van der Waals surface area contributed by atoms with Crippen LogP contribution in [0.1, 0.15) is 55.7 Å². The minimum atomic E-state index is -0.819. The van der Waals surface area contributed by atoms with E-state index in [4.69, 9.17) is 11.6 Å². The molecule has 0 atom stereocenters. The standard InChI is InChI=1S/C33H40ClN3O3/c1-26(38)35-21-17-31(39)36-25-32(27-9-4-2-5-10-27,28-11-6-3-7-12-28)18-8-22-37-23-19-33(40,20-24-37)29-13-15-30(34)16-14-29/h2-7,9-16,40H,8,17-25H2,1H3,(H,35,38)(H,36,39). The molecule has 40 heavy (non-hydrogen) atoms. The van der Waals surface area contributed by atoms with Crippen LogP contribution >= 0.6 is 11.6 Å². The number of rotatable bonds is 12. The first kappa shape index (κ1) is 29.8. The van der Waals surface area contributed by atoms with Gasteiger partial charge in [0.1, 0.15) is 0 Å². The molecule has 3 N–H and O–H groups in total. The van der Waals surface area contributed by atoms with E-state index in [2.05, 4.69) is 39.8 Å². The molecule has 1 heterocycles. The lowest BCUT2D eigenvalue weighted by Crippen LogP contribution is -2.44. The van der Waals surface area contributed by atoms with Crippen molar-refractivity contribution in [1.82, 2.24) is 15.5 Å². The maximum atomic E-state index is 12.7. The van der Waals surface area contributed by atoms with E-state index in [9.17, 15) is 14.7 Å². The van der Waals surface area contributed by atoms with E-state index in [0.29, 0.717) is 31.0 Å². The Morgan fingerprint density at radius 2 is 1.48 bits per heavy atom. The van der Waals surface area contributed by atoms with Crippen molar-refractivity contribution in [3.63, 3.8) is 0 Å². The van der Waals surface area contributed by atoms with Crippen molar-refractivity contribution in [3.05, 3.63) is 107 Å². The average molecular weight is 562 g/mol. The van der Waals surface area contributed by atoms with E-state index in [1.807, 2.05) is 60.7 Å². The van der Waals surface area contributed by atoms with Crippen molar-refractivity contribution >= 4 is 23.4 Å². The van der Waals surface area contributed by atoms with Crippen molar-refractivity contribution in [2.75, 3.05) is 32.7 Å². The van der Waals surface area contributed by atoms with Gasteiger partial charge in [0.05, 0.1) is 5.60 Å². The number of carbonyl (C=O) groups excluding carboxylic acids is 2. The lowest BCUT2D eigenvalue weighted by Gasteiger charge is -2.40. The monoisotopic (exact) mass is 561 g/mol. The molecule has 0 unspecified atom stereocenters. The fourth-order valence-electron chi connectivity index (χ4n) is 5.75. The third-order valence-corrected chi connectivity index (χ3v) is 8.36. The molecular weight excluding hydrogens is 522 g/mol. The van der Waals surface area contributed by atoms with Gasteiger partial charge in [0, 0.05) is 50.0 Å². The highest BCUT2D eigenvalue weighted by atomic mass is 35.5. The molecule has 0 spiro atoms. The summed E-state index contributed by atoms with van der Waals surface area (Å²) in [5, 5.41) is 17.8. The van der Waals surface area contributed by atoms with Crippen molar-refractivity contribution in [2.45, 2.75) is 50.0 Å². The van der Waals surface area contributed by atoms with Gasteiger partial charge in [-0.1, -0.05) is 84.4 Å². The van der Waals surface area contributed by atoms with E-state index in [1.54, 1.807) is 0 Å². The number of likely N-dealkylation sites (tertiary alicyclic amines) is 1. The number of halogens is 1. The maximum absolute atomic E-state index is 12.7. The predicted octanol–water partition coefficient (Wildman–Crippen LogP) is 5.03. The maximum Gasteiger partial charge on any atom is 0.221 e. The van der Waals surface area contributed by atoms with Gasteiger partial charge in [-0.3, -0.25) is 9.59 Å². The molecule has 0 saturated carbocycles. The van der Waals surface area contributed by atoms with Crippen LogP contribution in [0.4, 0.5) is 0 Å². The Labute approximate surface area is 242 Å². The first-order valence-electron chi connectivity index (χ1n) is 14.1. The summed E-state index contributed by atoms with van der Waals surface area (Å²) in [6.45, 7) is 4.80. The summed E-state index contributed by atoms with van der Waals surface area (Å²) in [5.74, 6) is -0.220. The molecule has 4 rings (SSSR count). The van der Waals surface area contributed by atoms with Crippen molar-refractivity contribution < 1.29 is 14.7 Å². The molecule has 0 radical (unpaired) electrons. The Bertz CT molecular complexity index is 1190. The van der Waals surface area contributed by atoms with Crippen LogP contribution in [0.5, 0.6) is 0 Å². The first-order chi connectivity index (χ1) is 19.3. The Kier molecular flexibility index (Phi) is 10.4. The van der Waals surface area contributed by atoms with Gasteiger partial charge in [-0.2, -0.15) is 0 Å². The molecule has 3 aromatic rings. The Hall–Kier alpha value is -3.19. The molecule has 212 valence electrons. The van der Waals surface area contributed by atoms with Crippen LogP contribution in [0.15, 0.2) is 84.9 Å². The van der Waals surface area contributed by atoms with Crippen LogP contribution in [0.25, 0.3) is 0 Å². The number of carbonyl (C=O) groups is 2. The predicted molar refractivity (Wildman–Crippen MR) is 160 cm³/mol. The second-order valence-corrected chi connectivity index (χ2v) is 11.2. The van der Waals surface area contributed by atoms with Crippen LogP contribution < -0.4 is 10.6 Å². The zero-order chi connectivity index (χ0) is 28.4. The number of hydrogen-bond acceptors (Lipinski definition) is 4. The molecule has 0 aromatic heterocycles. The van der Waals surface area contributed by atoms with Crippen LogP contribution in [0, 0.1) is 0 Å². The molecule has 1 fully saturated rings. The van der Waals surface area contributed by atoms with Gasteiger partial charge in [0.15, 0.2) is 0 Å². The van der Waals surface area contributed by atoms with E-state index < -0.39 is 11.0 Å². The first-order valence-corrected chi connectivity index (χ1v) is 14.5. The Morgan fingerprint density at radius 3 is 2.02 bits per heavy atom. The highest BCUT2D eigenvalue weighted by Crippen LogP contribution is 2.38. The fourth-order valence-corrected chi connectivity index (χ4v) is 5.88. The van der Waals surface area contributed by atoms with Crippen LogP contribution in [-0.4, -0.2) is 54.5 Å². The van der Waals surface area contributed by atoms with Gasteiger partial charge in [-0.05, 0) is 61.1 Å². The van der Waals surface area contributed by atoms with Crippen LogP contribution in [-0.2, 0) is 20.6 Å². The number of benzene rings is 3. The summed E-state index contributed by atoms with van der Waals surface area (Å²) in [6, 6.07) is 28.3. The van der Waals surface area contributed by atoms with Crippen molar-refractivity contribution in [1.29, 1.82) is 0 Å². The molecule has 1 aliphatic rings. The number of nitrogens with zero attached hydrogens (tertiary/aromatic N) is 1. The molecule has 6 nitrogen and oxygen atoms in total. The molecule has 1 aliphatic heterocycles. The second kappa shape index (κ2) is 13.9. The topological polar surface area (TPSA) is 81.7 Å². The summed E-state index contributed by atoms with van der Waals surface area (Å²) in [5.41, 5.74) is 2.04. The van der Waals surface area contributed by atoms with E-state index in [1.165, 1.54) is 18.1 Å². The van der Waals surface area contributed by atoms with Crippen LogP contribution in [0.2, 0.25) is 5.02 Å². The second-order valence-electron chi connectivity index (χ2n) is 10.8. The third kappa shape index (κ3) is 7.72. The Balaban J connectivity index is 1.45. The average Bonchev–Trinajstić information content (AvgIpc) is 2.97. The molecule has 7 heteroatoms. The zero-order valence-corrected chi connectivity index (χ0v) is 24.0. The van der Waals surface area contributed by atoms with Crippen LogP contribution in [0.3, 0.4) is 0 Å². The number of nitrogens with one attached hydrogen (secondary N) is 2. The molecule has 3 aromatic carbocycles. The van der Waals surface area contributed by atoms with Gasteiger partial charge in [-0.15, -0.1) is 0 Å². The van der Waals surface area contributed by atoms with Crippen molar-refractivity contribution in [2.24, 2.45) is 0 Å². The summed E-state index contributed by atoms with van der Waals surface area (Å²) >= 11 is 6.05. The smallest absolute Gasteiger partial charge is 0.221 e. The SMILES string of the molecule is CC(=O)NCCC(=O)NCC(CCCN1CCC(O)(c2ccc(Cl)cc2)CC1)(c1ccccc1)c1ccccc1. The number of amides is 2. The summed E-state index contributed by atoms with van der Waals surface area (Å²) in [7, 11) is 0. The largest absolute Gasteiger partial charge is 0.385 e. The quantitative estimate of drug-likeness (QED) is 0.290.